The van der Waals surface area contributed by atoms with Crippen molar-refractivity contribution in [3.8, 4) is 5.75 Å². The van der Waals surface area contributed by atoms with Crippen molar-refractivity contribution in [3.63, 3.8) is 0 Å². The van der Waals surface area contributed by atoms with Crippen molar-refractivity contribution in [1.29, 1.82) is 0 Å². The second-order valence-electron chi connectivity index (χ2n) is 7.93. The number of para-hydroxylation sites is 1. The molecular weight excluding hydrogens is 394 g/mol. The van der Waals surface area contributed by atoms with Crippen LogP contribution in [0, 0.1) is 6.92 Å². The molecule has 1 unspecified atom stereocenters. The topological polar surface area (TPSA) is 48.3 Å². The SMILES string of the molecule is COc1ccc([C@@H]2CC2c2cc3ccccc3n2S(=O)(=O)c2ccc(C)cc2)cc1. The van der Waals surface area contributed by atoms with E-state index in [-0.39, 0.29) is 5.92 Å². The van der Waals surface area contributed by atoms with Gasteiger partial charge in [0, 0.05) is 17.0 Å². The molecule has 0 saturated heterocycles. The number of fused-ring (bicyclic) bond motifs is 1. The Kier molecular flexibility index (Phi) is 4.44. The maximum absolute atomic E-state index is 13.6. The largest absolute Gasteiger partial charge is 0.497 e. The summed E-state index contributed by atoms with van der Waals surface area (Å²) in [5.74, 6) is 1.31. The summed E-state index contributed by atoms with van der Waals surface area (Å²) < 4.78 is 34.1. The molecular formula is C25H23NO3S. The van der Waals surface area contributed by atoms with Gasteiger partial charge >= 0.3 is 0 Å². The number of ether oxygens (including phenoxy) is 1. The lowest BCUT2D eigenvalue weighted by Crippen LogP contribution is -2.15. The van der Waals surface area contributed by atoms with Gasteiger partial charge in [-0.25, -0.2) is 12.4 Å². The van der Waals surface area contributed by atoms with E-state index < -0.39 is 10.0 Å². The molecule has 1 heterocycles. The van der Waals surface area contributed by atoms with Gasteiger partial charge in [0.25, 0.3) is 10.0 Å². The van der Waals surface area contributed by atoms with E-state index in [4.69, 9.17) is 4.74 Å². The van der Waals surface area contributed by atoms with Gasteiger partial charge in [0.05, 0.1) is 17.5 Å². The fraction of sp³-hybridized carbons (Fsp3) is 0.200. The van der Waals surface area contributed by atoms with Crippen LogP contribution in [0.15, 0.2) is 83.8 Å². The number of nitrogens with zero attached hydrogens (tertiary/aromatic N) is 1. The first-order valence-corrected chi connectivity index (χ1v) is 11.5. The Morgan fingerprint density at radius 1 is 0.900 bits per heavy atom. The number of aryl methyl sites for hydroxylation is 1. The van der Waals surface area contributed by atoms with Crippen LogP contribution < -0.4 is 4.74 Å². The van der Waals surface area contributed by atoms with Gasteiger partial charge in [0.15, 0.2) is 0 Å². The predicted octanol–water partition coefficient (Wildman–Crippen LogP) is 5.47. The second kappa shape index (κ2) is 7.03. The molecule has 0 amide bonds. The Bertz CT molecular complexity index is 1320. The quantitative estimate of drug-likeness (QED) is 0.433. The normalized spacial score (nSPS) is 18.5. The zero-order valence-electron chi connectivity index (χ0n) is 16.9. The number of hydrogen-bond acceptors (Lipinski definition) is 3. The molecule has 3 aromatic carbocycles. The third-order valence-corrected chi connectivity index (χ3v) is 7.72. The van der Waals surface area contributed by atoms with Gasteiger partial charge in [-0.2, -0.15) is 0 Å². The lowest BCUT2D eigenvalue weighted by atomic mass is 10.1. The summed E-state index contributed by atoms with van der Waals surface area (Å²) in [6, 6.07) is 24.9. The molecule has 5 rings (SSSR count). The lowest BCUT2D eigenvalue weighted by molar-refractivity contribution is 0.414. The lowest BCUT2D eigenvalue weighted by Gasteiger charge is -2.13. The highest BCUT2D eigenvalue weighted by atomic mass is 32.2. The molecule has 1 aliphatic rings. The van der Waals surface area contributed by atoms with Gasteiger partial charge < -0.3 is 4.74 Å². The number of hydrogen-bond donors (Lipinski definition) is 0. The average Bonchev–Trinajstić information content (AvgIpc) is 3.46. The van der Waals surface area contributed by atoms with Crippen molar-refractivity contribution in [2.45, 2.75) is 30.1 Å². The molecule has 1 aromatic heterocycles. The van der Waals surface area contributed by atoms with E-state index in [2.05, 4.69) is 12.1 Å². The number of rotatable bonds is 5. The van der Waals surface area contributed by atoms with Crippen LogP contribution in [0.25, 0.3) is 10.9 Å². The minimum atomic E-state index is -3.69. The Hall–Kier alpha value is -3.05. The molecule has 1 saturated carbocycles. The first-order chi connectivity index (χ1) is 14.5. The summed E-state index contributed by atoms with van der Waals surface area (Å²) >= 11 is 0. The Morgan fingerprint density at radius 3 is 2.30 bits per heavy atom. The van der Waals surface area contributed by atoms with Crippen LogP contribution in [0.1, 0.15) is 35.1 Å². The summed E-state index contributed by atoms with van der Waals surface area (Å²) in [6.07, 6.45) is 0.937. The minimum absolute atomic E-state index is 0.172. The van der Waals surface area contributed by atoms with Crippen molar-refractivity contribution in [3.05, 3.63) is 95.7 Å². The summed E-state index contributed by atoms with van der Waals surface area (Å²) in [7, 11) is -2.04. The molecule has 0 radical (unpaired) electrons. The Labute approximate surface area is 176 Å². The zero-order chi connectivity index (χ0) is 20.9. The molecule has 0 aliphatic heterocycles. The zero-order valence-corrected chi connectivity index (χ0v) is 17.8. The number of methoxy groups -OCH3 is 1. The standard InChI is InChI=1S/C25H23NO3S/c1-17-7-13-21(14-8-17)30(27,28)26-24-6-4-3-5-19(24)15-25(26)23-16-22(23)18-9-11-20(29-2)12-10-18/h3-15,22-23H,16H2,1-2H3/t22-,23?/m0/s1. The van der Waals surface area contributed by atoms with E-state index in [0.717, 1.165) is 34.3 Å². The van der Waals surface area contributed by atoms with Crippen LogP contribution in [0.5, 0.6) is 5.75 Å². The second-order valence-corrected chi connectivity index (χ2v) is 9.72. The number of benzene rings is 3. The van der Waals surface area contributed by atoms with E-state index in [9.17, 15) is 8.42 Å². The summed E-state index contributed by atoms with van der Waals surface area (Å²) in [6.45, 7) is 1.95. The average molecular weight is 418 g/mol. The van der Waals surface area contributed by atoms with Crippen LogP contribution in [0.2, 0.25) is 0 Å². The van der Waals surface area contributed by atoms with Gasteiger partial charge in [-0.1, -0.05) is 48.0 Å². The molecule has 4 aromatic rings. The fourth-order valence-electron chi connectivity index (χ4n) is 4.23. The molecule has 2 atom stereocenters. The molecule has 0 bridgehead atoms. The van der Waals surface area contributed by atoms with E-state index in [0.29, 0.717) is 10.8 Å². The van der Waals surface area contributed by atoms with Gasteiger partial charge in [-0.3, -0.25) is 0 Å². The van der Waals surface area contributed by atoms with Crippen LogP contribution in [0.3, 0.4) is 0 Å². The van der Waals surface area contributed by atoms with Crippen molar-refractivity contribution < 1.29 is 13.2 Å². The third-order valence-electron chi connectivity index (χ3n) is 5.97. The number of aromatic nitrogens is 1. The minimum Gasteiger partial charge on any atom is -0.497 e. The molecule has 4 nitrogen and oxygen atoms in total. The summed E-state index contributed by atoms with van der Waals surface area (Å²) in [5.41, 5.74) is 3.84. The van der Waals surface area contributed by atoms with Gasteiger partial charge in [-0.15, -0.1) is 0 Å². The monoisotopic (exact) mass is 417 g/mol. The van der Waals surface area contributed by atoms with Crippen molar-refractivity contribution >= 4 is 20.9 Å². The first-order valence-electron chi connectivity index (χ1n) is 10.1. The van der Waals surface area contributed by atoms with E-state index in [1.807, 2.05) is 61.5 Å². The molecule has 30 heavy (non-hydrogen) atoms. The highest BCUT2D eigenvalue weighted by molar-refractivity contribution is 7.90. The van der Waals surface area contributed by atoms with Crippen LogP contribution in [-0.2, 0) is 10.0 Å². The highest BCUT2D eigenvalue weighted by Gasteiger charge is 2.43. The van der Waals surface area contributed by atoms with Crippen molar-refractivity contribution in [1.82, 2.24) is 3.97 Å². The third kappa shape index (κ3) is 3.10. The fourth-order valence-corrected chi connectivity index (χ4v) is 5.82. The Balaban J connectivity index is 1.61. The van der Waals surface area contributed by atoms with Crippen LogP contribution in [-0.4, -0.2) is 19.5 Å². The summed E-state index contributed by atoms with van der Waals surface area (Å²) in [4.78, 5) is 0.317. The van der Waals surface area contributed by atoms with E-state index in [1.54, 1.807) is 23.2 Å². The molecule has 1 fully saturated rings. The van der Waals surface area contributed by atoms with E-state index in [1.165, 1.54) is 5.56 Å². The van der Waals surface area contributed by atoms with Crippen molar-refractivity contribution in [2.75, 3.05) is 7.11 Å². The van der Waals surface area contributed by atoms with Crippen LogP contribution >= 0.6 is 0 Å². The molecule has 5 heteroatoms. The Morgan fingerprint density at radius 2 is 1.60 bits per heavy atom. The molecule has 0 N–H and O–H groups in total. The maximum atomic E-state index is 13.6. The van der Waals surface area contributed by atoms with Crippen LogP contribution in [0.4, 0.5) is 0 Å². The highest BCUT2D eigenvalue weighted by Crippen LogP contribution is 2.56. The van der Waals surface area contributed by atoms with Gasteiger partial charge in [0.1, 0.15) is 5.75 Å². The molecule has 1 aliphatic carbocycles. The molecule has 0 spiro atoms. The van der Waals surface area contributed by atoms with Gasteiger partial charge in [-0.05, 0) is 61.2 Å². The first kappa shape index (κ1) is 18.9. The summed E-state index contributed by atoms with van der Waals surface area (Å²) in [5, 5.41) is 0.948. The maximum Gasteiger partial charge on any atom is 0.268 e. The smallest absolute Gasteiger partial charge is 0.268 e. The van der Waals surface area contributed by atoms with Gasteiger partial charge in [0.2, 0.25) is 0 Å². The predicted molar refractivity (Wildman–Crippen MR) is 119 cm³/mol. The van der Waals surface area contributed by atoms with Crippen molar-refractivity contribution in [2.24, 2.45) is 0 Å². The van der Waals surface area contributed by atoms with E-state index >= 15 is 0 Å². The molecule has 152 valence electrons.